The van der Waals surface area contributed by atoms with Crippen molar-refractivity contribution in [2.24, 2.45) is 5.92 Å². The van der Waals surface area contributed by atoms with Crippen LogP contribution in [0.25, 0.3) is 11.0 Å². The molecule has 9 heteroatoms. The molecule has 1 aromatic heterocycles. The van der Waals surface area contributed by atoms with E-state index in [0.29, 0.717) is 11.9 Å². The number of fused-ring (bicyclic) bond motifs is 1. The number of aliphatic hydroxyl groups excluding tert-OH is 1. The molecule has 190 valence electrons. The number of amides is 1. The molecule has 1 amide bonds. The van der Waals surface area contributed by atoms with Crippen LogP contribution >= 0.6 is 0 Å². The van der Waals surface area contributed by atoms with E-state index in [0.717, 1.165) is 56.4 Å². The molecule has 2 heterocycles. The minimum atomic E-state index is -0.504. The average molecular weight is 492 g/mol. The van der Waals surface area contributed by atoms with Gasteiger partial charge in [0, 0.05) is 36.9 Å². The highest BCUT2D eigenvalue weighted by atomic mass is 16.6. The molecule has 2 fully saturated rings. The van der Waals surface area contributed by atoms with E-state index in [2.05, 4.69) is 33.0 Å². The zero-order chi connectivity index (χ0) is 25.1. The van der Waals surface area contributed by atoms with Gasteiger partial charge in [-0.3, -0.25) is 25.1 Å². The van der Waals surface area contributed by atoms with E-state index in [1.54, 1.807) is 6.07 Å². The molecule has 3 aromatic rings. The molecule has 0 radical (unpaired) electrons. The maximum atomic E-state index is 13.1. The molecule has 1 aliphatic heterocycles. The number of anilines is 1. The maximum absolute atomic E-state index is 13.1. The van der Waals surface area contributed by atoms with Gasteiger partial charge in [0.2, 0.25) is 5.95 Å². The van der Waals surface area contributed by atoms with Gasteiger partial charge in [-0.2, -0.15) is 0 Å². The molecule has 0 unspecified atom stereocenters. The lowest BCUT2D eigenvalue weighted by molar-refractivity contribution is -0.384. The minimum absolute atomic E-state index is 0.124. The Hall–Kier alpha value is -3.30. The number of nitrogens with zero attached hydrogens (tertiary/aromatic N) is 4. The van der Waals surface area contributed by atoms with E-state index in [9.17, 15) is 20.0 Å². The Morgan fingerprint density at radius 2 is 1.86 bits per heavy atom. The van der Waals surface area contributed by atoms with Crippen molar-refractivity contribution < 1.29 is 14.8 Å². The number of aliphatic hydroxyl groups is 1. The highest BCUT2D eigenvalue weighted by Gasteiger charge is 2.27. The second kappa shape index (κ2) is 10.8. The zero-order valence-corrected chi connectivity index (χ0v) is 20.4. The molecule has 9 nitrogen and oxygen atoms in total. The van der Waals surface area contributed by atoms with Gasteiger partial charge in [-0.25, -0.2) is 4.98 Å². The first-order valence-electron chi connectivity index (χ1n) is 12.9. The van der Waals surface area contributed by atoms with E-state index in [1.807, 2.05) is 0 Å². The Morgan fingerprint density at radius 3 is 2.58 bits per heavy atom. The van der Waals surface area contributed by atoms with Crippen molar-refractivity contribution in [3.63, 3.8) is 0 Å². The fourth-order valence-corrected chi connectivity index (χ4v) is 5.60. The van der Waals surface area contributed by atoms with Gasteiger partial charge in [-0.15, -0.1) is 0 Å². The molecule has 0 spiro atoms. The lowest BCUT2D eigenvalue weighted by atomic mass is 9.86. The summed E-state index contributed by atoms with van der Waals surface area (Å²) < 4.78 is 2.11. The van der Waals surface area contributed by atoms with Crippen LogP contribution in [0.5, 0.6) is 0 Å². The number of nitro groups is 1. The number of imidazole rings is 1. The number of non-ortho nitro benzene ring substituents is 1. The van der Waals surface area contributed by atoms with Crippen molar-refractivity contribution in [2.75, 3.05) is 25.0 Å². The van der Waals surface area contributed by atoms with Gasteiger partial charge in [-0.05, 0) is 81.3 Å². The van der Waals surface area contributed by atoms with Crippen molar-refractivity contribution in [2.45, 2.75) is 57.5 Å². The van der Waals surface area contributed by atoms with Crippen LogP contribution in [0, 0.1) is 16.0 Å². The third kappa shape index (κ3) is 5.27. The summed E-state index contributed by atoms with van der Waals surface area (Å²) in [6, 6.07) is 12.3. The van der Waals surface area contributed by atoms with E-state index in [-0.39, 0.29) is 23.9 Å². The Morgan fingerprint density at radius 1 is 1.08 bits per heavy atom. The first-order valence-corrected chi connectivity index (χ1v) is 12.9. The van der Waals surface area contributed by atoms with Crippen LogP contribution in [-0.4, -0.2) is 50.1 Å². The van der Waals surface area contributed by atoms with Gasteiger partial charge in [-0.1, -0.05) is 18.6 Å². The van der Waals surface area contributed by atoms with Crippen LogP contribution in [-0.2, 0) is 6.54 Å². The van der Waals surface area contributed by atoms with E-state index in [4.69, 9.17) is 4.98 Å². The van der Waals surface area contributed by atoms with Gasteiger partial charge in [0.25, 0.3) is 11.6 Å². The van der Waals surface area contributed by atoms with Crippen molar-refractivity contribution in [1.29, 1.82) is 0 Å². The highest BCUT2D eigenvalue weighted by Crippen LogP contribution is 2.37. The van der Waals surface area contributed by atoms with Crippen molar-refractivity contribution in [3.05, 3.63) is 63.7 Å². The van der Waals surface area contributed by atoms with Crippen LogP contribution < -0.4 is 5.32 Å². The fourth-order valence-electron chi connectivity index (χ4n) is 5.60. The third-order valence-corrected chi connectivity index (χ3v) is 7.59. The first-order chi connectivity index (χ1) is 17.5. The molecule has 36 heavy (non-hydrogen) atoms. The molecule has 1 saturated carbocycles. The molecular weight excluding hydrogens is 458 g/mol. The summed E-state index contributed by atoms with van der Waals surface area (Å²) in [7, 11) is 0. The summed E-state index contributed by atoms with van der Waals surface area (Å²) in [5, 5.41) is 23.7. The van der Waals surface area contributed by atoms with Gasteiger partial charge >= 0.3 is 0 Å². The summed E-state index contributed by atoms with van der Waals surface area (Å²) in [5.74, 6) is 0.354. The van der Waals surface area contributed by atoms with Crippen molar-refractivity contribution in [3.8, 4) is 0 Å². The first kappa shape index (κ1) is 24.4. The monoisotopic (exact) mass is 491 g/mol. The lowest BCUT2D eigenvalue weighted by Gasteiger charge is -2.29. The lowest BCUT2D eigenvalue weighted by Crippen LogP contribution is -2.29. The molecule has 1 saturated heterocycles. The quantitative estimate of drug-likeness (QED) is 0.359. The molecule has 2 aliphatic rings. The van der Waals surface area contributed by atoms with Gasteiger partial charge in [0.15, 0.2) is 0 Å². The fraction of sp³-hybridized carbons (Fsp3) is 0.481. The zero-order valence-electron chi connectivity index (χ0n) is 20.4. The Balaban J connectivity index is 1.46. The smallest absolute Gasteiger partial charge is 0.270 e. The number of carbonyl (C=O) groups is 1. The van der Waals surface area contributed by atoms with Gasteiger partial charge in [0.1, 0.15) is 0 Å². The van der Waals surface area contributed by atoms with Gasteiger partial charge in [0.05, 0.1) is 16.0 Å². The number of benzene rings is 2. The van der Waals surface area contributed by atoms with Crippen LogP contribution in [0.1, 0.15) is 66.9 Å². The van der Waals surface area contributed by atoms with Crippen LogP contribution in [0.3, 0.4) is 0 Å². The summed E-state index contributed by atoms with van der Waals surface area (Å²) in [4.78, 5) is 31.1. The normalized spacial score (nSPS) is 20.9. The topological polar surface area (TPSA) is 114 Å². The number of hydrogen-bond acceptors (Lipinski definition) is 6. The van der Waals surface area contributed by atoms with Crippen molar-refractivity contribution >= 4 is 28.6 Å². The highest BCUT2D eigenvalue weighted by molar-refractivity contribution is 6.04. The predicted molar refractivity (Wildman–Crippen MR) is 138 cm³/mol. The predicted octanol–water partition coefficient (Wildman–Crippen LogP) is 4.91. The minimum Gasteiger partial charge on any atom is -0.396 e. The van der Waals surface area contributed by atoms with Gasteiger partial charge < -0.3 is 9.67 Å². The Kier molecular flexibility index (Phi) is 7.29. The molecule has 0 atom stereocenters. The largest absolute Gasteiger partial charge is 0.396 e. The van der Waals surface area contributed by atoms with Crippen molar-refractivity contribution in [1.82, 2.24) is 14.5 Å². The number of carbonyl (C=O) groups excluding carboxylic acids is 1. The van der Waals surface area contributed by atoms with E-state index in [1.165, 1.54) is 43.0 Å². The second-order valence-electron chi connectivity index (χ2n) is 10.1. The van der Waals surface area contributed by atoms with E-state index < -0.39 is 10.8 Å². The molecular formula is C27H33N5O4. The molecule has 0 bridgehead atoms. The average Bonchev–Trinajstić information content (AvgIpc) is 3.26. The number of aromatic nitrogens is 2. The number of rotatable bonds is 7. The molecule has 2 aromatic carbocycles. The number of piperidine rings is 1. The summed E-state index contributed by atoms with van der Waals surface area (Å²) in [5.41, 5.74) is 3.11. The maximum Gasteiger partial charge on any atom is 0.270 e. The Bertz CT molecular complexity index is 1240. The van der Waals surface area contributed by atoms with Crippen LogP contribution in [0.15, 0.2) is 42.5 Å². The summed E-state index contributed by atoms with van der Waals surface area (Å²) in [6.45, 7) is 3.32. The SMILES string of the molecule is O=C(Nc1nc2cc(CN3CCCCC3)ccc2n1[C@H]1CC[C@@H](CO)CC1)c1cccc([N+](=O)[O-])c1. The van der Waals surface area contributed by atoms with Crippen LogP contribution in [0.2, 0.25) is 0 Å². The molecule has 2 N–H and O–H groups in total. The number of nitro benzene ring substituents is 1. The standard InChI is InChI=1S/C27H33N5O4/c33-18-19-7-10-22(11-8-19)31-25-12-9-20(17-30-13-2-1-3-14-30)15-24(25)28-27(31)29-26(34)21-5-4-6-23(16-21)32(35)36/h4-6,9,12,15-16,19,22,33H,1-3,7-8,10-11,13-14,17-18H2,(H,28,29,34)/t19-,22+. The third-order valence-electron chi connectivity index (χ3n) is 7.59. The second-order valence-corrected chi connectivity index (χ2v) is 10.1. The summed E-state index contributed by atoms with van der Waals surface area (Å²) in [6.07, 6.45) is 7.41. The number of likely N-dealkylation sites (tertiary alicyclic amines) is 1. The summed E-state index contributed by atoms with van der Waals surface area (Å²) >= 11 is 0. The van der Waals surface area contributed by atoms with E-state index >= 15 is 0 Å². The number of hydrogen-bond donors (Lipinski definition) is 2. The van der Waals surface area contributed by atoms with Crippen LogP contribution in [0.4, 0.5) is 11.6 Å². The number of nitrogens with one attached hydrogen (secondary N) is 1. The molecule has 1 aliphatic carbocycles. The Labute approximate surface area is 210 Å². The molecule has 5 rings (SSSR count).